The number of nitrogens with zero attached hydrogens (tertiary/aromatic N) is 2. The van der Waals surface area contributed by atoms with Gasteiger partial charge in [-0.05, 0) is 47.9 Å². The number of aromatic nitrogens is 1. The topological polar surface area (TPSA) is 82.7 Å². The van der Waals surface area contributed by atoms with Gasteiger partial charge in [0.25, 0.3) is 5.91 Å². The van der Waals surface area contributed by atoms with Crippen LogP contribution in [-0.4, -0.2) is 42.6 Å². The zero-order chi connectivity index (χ0) is 26.3. The number of ether oxygens (including phenoxy) is 1. The Kier molecular flexibility index (Phi) is 5.94. The van der Waals surface area contributed by atoms with Crippen molar-refractivity contribution in [2.24, 2.45) is 0 Å². The summed E-state index contributed by atoms with van der Waals surface area (Å²) < 4.78 is 45.9. The fourth-order valence-corrected chi connectivity index (χ4v) is 4.51. The number of halogens is 3. The van der Waals surface area contributed by atoms with Gasteiger partial charge >= 0.3 is 18.1 Å². The van der Waals surface area contributed by atoms with Gasteiger partial charge in [0, 0.05) is 17.1 Å². The predicted octanol–water partition coefficient (Wildman–Crippen LogP) is 5.12. The van der Waals surface area contributed by atoms with Gasteiger partial charge in [-0.15, -0.1) is 0 Å². The van der Waals surface area contributed by atoms with Gasteiger partial charge < -0.3 is 9.72 Å². The van der Waals surface area contributed by atoms with E-state index in [1.165, 1.54) is 36.4 Å². The quantitative estimate of drug-likeness (QED) is 0.389. The number of aromatic amines is 1. The lowest BCUT2D eigenvalue weighted by Crippen LogP contribution is -2.38. The number of H-pyrrole nitrogens is 1. The minimum Gasteiger partial charge on any atom is -0.468 e. The average molecular weight is 507 g/mol. The number of esters is 1. The number of carbonyl (C=O) groups excluding carboxylic acids is 3. The number of methoxy groups -OCH3 is 1. The molecule has 5 rings (SSSR count). The van der Waals surface area contributed by atoms with E-state index < -0.39 is 30.5 Å². The van der Waals surface area contributed by atoms with E-state index in [4.69, 9.17) is 4.74 Å². The minimum absolute atomic E-state index is 0.0125. The molecule has 2 heterocycles. The molecular weight excluding hydrogens is 487 g/mol. The number of anilines is 3. The van der Waals surface area contributed by atoms with Crippen LogP contribution in [0.2, 0.25) is 0 Å². The SMILES string of the molecule is COC(=O)CN1C(=O)c2ccccc2N(C(=O)C(F)(F)F)c2ccc(Cc3c[nH]c4ccccc34)cc21. The first-order valence-corrected chi connectivity index (χ1v) is 11.3. The molecule has 0 aliphatic carbocycles. The number of rotatable bonds is 4. The highest BCUT2D eigenvalue weighted by Crippen LogP contribution is 2.43. The summed E-state index contributed by atoms with van der Waals surface area (Å²) in [6, 6.07) is 17.6. The molecule has 0 radical (unpaired) electrons. The van der Waals surface area contributed by atoms with E-state index in [1.807, 2.05) is 30.5 Å². The Morgan fingerprint density at radius 1 is 0.946 bits per heavy atom. The Morgan fingerprint density at radius 3 is 2.43 bits per heavy atom. The van der Waals surface area contributed by atoms with Gasteiger partial charge in [0.15, 0.2) is 0 Å². The van der Waals surface area contributed by atoms with Crippen molar-refractivity contribution in [3.63, 3.8) is 0 Å². The molecule has 0 saturated carbocycles. The van der Waals surface area contributed by atoms with Crippen molar-refractivity contribution >= 4 is 45.7 Å². The van der Waals surface area contributed by atoms with E-state index >= 15 is 0 Å². The molecule has 1 aromatic heterocycles. The summed E-state index contributed by atoms with van der Waals surface area (Å²) in [6.07, 6.45) is -2.99. The Bertz CT molecular complexity index is 1540. The number of nitrogens with one attached hydrogen (secondary N) is 1. The number of alkyl halides is 3. The maximum atomic E-state index is 13.7. The van der Waals surface area contributed by atoms with E-state index in [1.54, 1.807) is 6.07 Å². The van der Waals surface area contributed by atoms with E-state index in [0.717, 1.165) is 28.5 Å². The summed E-state index contributed by atoms with van der Waals surface area (Å²) in [4.78, 5) is 43.2. The molecule has 4 aromatic rings. The van der Waals surface area contributed by atoms with Gasteiger partial charge in [-0.2, -0.15) is 13.2 Å². The number of hydrogen-bond acceptors (Lipinski definition) is 4. The van der Waals surface area contributed by atoms with Crippen molar-refractivity contribution in [3.8, 4) is 0 Å². The fraction of sp³-hybridized carbons (Fsp3) is 0.148. The fourth-order valence-electron chi connectivity index (χ4n) is 4.51. The monoisotopic (exact) mass is 507 g/mol. The Morgan fingerprint density at radius 2 is 1.68 bits per heavy atom. The van der Waals surface area contributed by atoms with E-state index in [2.05, 4.69) is 4.98 Å². The van der Waals surface area contributed by atoms with Crippen LogP contribution in [0, 0.1) is 0 Å². The molecule has 37 heavy (non-hydrogen) atoms. The van der Waals surface area contributed by atoms with Gasteiger partial charge in [0.2, 0.25) is 0 Å². The minimum atomic E-state index is -5.21. The molecule has 0 fully saturated rings. The second-order valence-electron chi connectivity index (χ2n) is 8.48. The first-order chi connectivity index (χ1) is 17.7. The van der Waals surface area contributed by atoms with Crippen LogP contribution in [0.4, 0.5) is 30.2 Å². The van der Waals surface area contributed by atoms with Crippen LogP contribution in [0.1, 0.15) is 21.5 Å². The summed E-state index contributed by atoms with van der Waals surface area (Å²) in [6.45, 7) is -0.554. The molecule has 0 atom stereocenters. The third-order valence-electron chi connectivity index (χ3n) is 6.22. The lowest BCUT2D eigenvalue weighted by Gasteiger charge is -2.26. The van der Waals surface area contributed by atoms with Crippen LogP contribution in [0.3, 0.4) is 0 Å². The first-order valence-electron chi connectivity index (χ1n) is 11.3. The number of fused-ring (bicyclic) bond motifs is 3. The highest BCUT2D eigenvalue weighted by atomic mass is 19.4. The van der Waals surface area contributed by atoms with Crippen molar-refractivity contribution in [1.29, 1.82) is 0 Å². The van der Waals surface area contributed by atoms with Gasteiger partial charge in [-0.1, -0.05) is 36.4 Å². The second-order valence-corrected chi connectivity index (χ2v) is 8.48. The van der Waals surface area contributed by atoms with Gasteiger partial charge in [0.05, 0.1) is 29.7 Å². The lowest BCUT2D eigenvalue weighted by atomic mass is 10.0. The van der Waals surface area contributed by atoms with Crippen molar-refractivity contribution in [3.05, 3.63) is 89.6 Å². The molecular formula is C27H20F3N3O4. The molecule has 3 aromatic carbocycles. The maximum absolute atomic E-state index is 13.7. The molecule has 0 bridgehead atoms. The van der Waals surface area contributed by atoms with Crippen molar-refractivity contribution < 1.29 is 32.3 Å². The summed E-state index contributed by atoms with van der Waals surface area (Å²) in [5, 5.41) is 0.973. The smallest absolute Gasteiger partial charge is 0.468 e. The van der Waals surface area contributed by atoms with Crippen molar-refractivity contribution in [1.82, 2.24) is 4.98 Å². The highest BCUT2D eigenvalue weighted by Gasteiger charge is 2.47. The average Bonchev–Trinajstić information content (AvgIpc) is 3.26. The molecule has 0 spiro atoms. The Balaban J connectivity index is 1.69. The molecule has 1 N–H and O–H groups in total. The molecule has 7 nitrogen and oxygen atoms in total. The van der Waals surface area contributed by atoms with E-state index in [9.17, 15) is 27.6 Å². The maximum Gasteiger partial charge on any atom is 0.472 e. The number of carbonyl (C=O) groups is 3. The number of amides is 2. The summed E-state index contributed by atoms with van der Waals surface area (Å²) >= 11 is 0. The third-order valence-corrected chi connectivity index (χ3v) is 6.22. The van der Waals surface area contributed by atoms with Crippen LogP contribution in [0.15, 0.2) is 72.9 Å². The van der Waals surface area contributed by atoms with Crippen LogP contribution < -0.4 is 9.80 Å². The van der Waals surface area contributed by atoms with Gasteiger partial charge in [-0.25, -0.2) is 0 Å². The number of benzene rings is 3. The Hall–Kier alpha value is -4.60. The van der Waals surface area contributed by atoms with Gasteiger partial charge in [-0.3, -0.25) is 24.2 Å². The molecule has 2 amide bonds. The van der Waals surface area contributed by atoms with Gasteiger partial charge in [0.1, 0.15) is 6.54 Å². The standard InChI is InChI=1S/C27H20F3N3O4/c1-37-24(34)15-32-23-13-16(12-17-14-31-20-8-4-2-6-18(17)20)10-11-22(23)33(26(36)27(28,29)30)21-9-5-3-7-19(21)25(32)35/h2-11,13-14,31H,12,15H2,1H3. The van der Waals surface area contributed by atoms with Crippen LogP contribution in [0.5, 0.6) is 0 Å². The number of hydrogen-bond donors (Lipinski definition) is 1. The third kappa shape index (κ3) is 4.31. The lowest BCUT2D eigenvalue weighted by molar-refractivity contribution is -0.169. The molecule has 188 valence electrons. The van der Waals surface area contributed by atoms with Crippen LogP contribution in [-0.2, 0) is 20.7 Å². The van der Waals surface area contributed by atoms with Crippen molar-refractivity contribution in [2.45, 2.75) is 12.6 Å². The van der Waals surface area contributed by atoms with Crippen molar-refractivity contribution in [2.75, 3.05) is 23.5 Å². The predicted molar refractivity (Wildman–Crippen MR) is 131 cm³/mol. The zero-order valence-corrected chi connectivity index (χ0v) is 19.5. The first kappa shape index (κ1) is 24.1. The zero-order valence-electron chi connectivity index (χ0n) is 19.5. The molecule has 1 aliphatic heterocycles. The van der Waals surface area contributed by atoms with Crippen LogP contribution in [0.25, 0.3) is 10.9 Å². The molecule has 0 saturated heterocycles. The summed E-state index contributed by atoms with van der Waals surface area (Å²) in [5.41, 5.74) is 1.95. The Labute approximate surface area is 209 Å². The molecule has 0 unspecified atom stereocenters. The summed E-state index contributed by atoms with van der Waals surface area (Å²) in [5.74, 6) is -3.66. The molecule has 10 heteroatoms. The molecule has 1 aliphatic rings. The van der Waals surface area contributed by atoms with E-state index in [0.29, 0.717) is 16.9 Å². The second kappa shape index (κ2) is 9.12. The number of para-hydroxylation sites is 2. The highest BCUT2D eigenvalue weighted by molar-refractivity contribution is 6.20. The van der Waals surface area contributed by atoms with E-state index in [-0.39, 0.29) is 22.6 Å². The largest absolute Gasteiger partial charge is 0.472 e. The summed E-state index contributed by atoms with van der Waals surface area (Å²) in [7, 11) is 1.15. The van der Waals surface area contributed by atoms with Crippen LogP contribution >= 0.6 is 0 Å². The normalized spacial score (nSPS) is 13.2.